The van der Waals surface area contributed by atoms with Crippen molar-refractivity contribution in [2.45, 2.75) is 6.42 Å². The van der Waals surface area contributed by atoms with Gasteiger partial charge in [0.1, 0.15) is 12.3 Å². The smallest absolute Gasteiger partial charge is 0.307 e. The summed E-state index contributed by atoms with van der Waals surface area (Å²) in [6.45, 7) is 0.275. The number of hydrogen-bond acceptors (Lipinski definition) is 6. The Hall–Kier alpha value is -3.52. The maximum Gasteiger partial charge on any atom is 0.307 e. The van der Waals surface area contributed by atoms with Gasteiger partial charge in [0.2, 0.25) is 6.79 Å². The standard InChI is InChI=1S/C22H21ClN2O6/c23-9-11-29-20(26)8-10-24-22(28)17(25-21(27)16-4-2-1-3-5-16)12-15-6-7-18-19(13-15)31-14-30-18/h1-7,12-13H,8-11,14H2,(H,24,28)(H,25,27). The number of alkyl halides is 1. The fraction of sp³-hybridized carbons (Fsp3) is 0.227. The van der Waals surface area contributed by atoms with Gasteiger partial charge >= 0.3 is 5.97 Å². The molecule has 0 atom stereocenters. The summed E-state index contributed by atoms with van der Waals surface area (Å²) in [6.07, 6.45) is 1.50. The molecule has 0 fully saturated rings. The van der Waals surface area contributed by atoms with E-state index in [0.717, 1.165) is 0 Å². The van der Waals surface area contributed by atoms with E-state index in [2.05, 4.69) is 10.6 Å². The van der Waals surface area contributed by atoms with Gasteiger partial charge in [-0.3, -0.25) is 14.4 Å². The molecule has 0 aliphatic carbocycles. The van der Waals surface area contributed by atoms with Gasteiger partial charge in [-0.2, -0.15) is 0 Å². The Balaban J connectivity index is 1.73. The second-order valence-corrected chi connectivity index (χ2v) is 6.78. The largest absolute Gasteiger partial charge is 0.464 e. The van der Waals surface area contributed by atoms with E-state index >= 15 is 0 Å². The van der Waals surface area contributed by atoms with Crippen LogP contribution >= 0.6 is 11.6 Å². The molecule has 1 heterocycles. The highest BCUT2D eigenvalue weighted by Crippen LogP contribution is 2.33. The lowest BCUT2D eigenvalue weighted by Crippen LogP contribution is -2.36. The molecule has 8 nitrogen and oxygen atoms in total. The van der Waals surface area contributed by atoms with Crippen molar-refractivity contribution < 1.29 is 28.6 Å². The Labute approximate surface area is 184 Å². The van der Waals surface area contributed by atoms with E-state index in [1.165, 1.54) is 6.08 Å². The van der Waals surface area contributed by atoms with Crippen LogP contribution in [-0.2, 0) is 14.3 Å². The number of ether oxygens (including phenoxy) is 3. The van der Waals surface area contributed by atoms with Gasteiger partial charge in [0.25, 0.3) is 11.8 Å². The van der Waals surface area contributed by atoms with E-state index in [1.807, 2.05) is 0 Å². The van der Waals surface area contributed by atoms with Gasteiger partial charge in [0.15, 0.2) is 11.5 Å². The van der Waals surface area contributed by atoms with Gasteiger partial charge in [-0.15, -0.1) is 11.6 Å². The summed E-state index contributed by atoms with van der Waals surface area (Å²) in [6, 6.07) is 13.7. The van der Waals surface area contributed by atoms with Crippen LogP contribution in [0.1, 0.15) is 22.3 Å². The molecule has 1 aliphatic heterocycles. The minimum atomic E-state index is -0.549. The van der Waals surface area contributed by atoms with E-state index in [9.17, 15) is 14.4 Å². The Kier molecular flexibility index (Phi) is 7.89. The number of carbonyl (C=O) groups is 3. The van der Waals surface area contributed by atoms with Crippen molar-refractivity contribution in [2.24, 2.45) is 0 Å². The lowest BCUT2D eigenvalue weighted by atomic mass is 10.1. The zero-order valence-corrected chi connectivity index (χ0v) is 17.3. The van der Waals surface area contributed by atoms with Crippen LogP contribution < -0.4 is 20.1 Å². The molecular weight excluding hydrogens is 424 g/mol. The first kappa shape index (κ1) is 22.2. The number of hydrogen-bond donors (Lipinski definition) is 2. The third kappa shape index (κ3) is 6.48. The Morgan fingerprint density at radius 1 is 1.06 bits per heavy atom. The fourth-order valence-electron chi connectivity index (χ4n) is 2.71. The number of fused-ring (bicyclic) bond motifs is 1. The van der Waals surface area contributed by atoms with Gasteiger partial charge in [0.05, 0.1) is 12.3 Å². The molecule has 0 radical (unpaired) electrons. The quantitative estimate of drug-likeness (QED) is 0.350. The average molecular weight is 445 g/mol. The highest BCUT2D eigenvalue weighted by Gasteiger charge is 2.17. The van der Waals surface area contributed by atoms with Crippen LogP contribution in [0.2, 0.25) is 0 Å². The maximum absolute atomic E-state index is 12.7. The molecule has 2 amide bonds. The molecule has 2 N–H and O–H groups in total. The SMILES string of the molecule is O=C(CCNC(=O)C(=Cc1ccc2c(c1)OCO2)NC(=O)c1ccccc1)OCCCl. The number of nitrogens with one attached hydrogen (secondary N) is 2. The summed E-state index contributed by atoms with van der Waals surface area (Å²) in [5.41, 5.74) is 1.04. The predicted molar refractivity (Wildman–Crippen MR) is 114 cm³/mol. The van der Waals surface area contributed by atoms with E-state index in [-0.39, 0.29) is 37.9 Å². The van der Waals surface area contributed by atoms with E-state index < -0.39 is 17.8 Å². The average Bonchev–Trinajstić information content (AvgIpc) is 3.25. The third-order valence-corrected chi connectivity index (χ3v) is 4.35. The van der Waals surface area contributed by atoms with Gasteiger partial charge in [0, 0.05) is 12.1 Å². The molecule has 0 spiro atoms. The van der Waals surface area contributed by atoms with Crippen LogP contribution in [0.4, 0.5) is 0 Å². The number of amides is 2. The first-order valence-electron chi connectivity index (χ1n) is 9.54. The van der Waals surface area contributed by atoms with Crippen molar-refractivity contribution in [3.8, 4) is 11.5 Å². The number of carbonyl (C=O) groups excluding carboxylic acids is 3. The van der Waals surface area contributed by atoms with Crippen molar-refractivity contribution in [3.05, 3.63) is 65.4 Å². The molecule has 9 heteroatoms. The van der Waals surface area contributed by atoms with Crippen molar-refractivity contribution in [1.82, 2.24) is 10.6 Å². The molecule has 0 saturated heterocycles. The van der Waals surface area contributed by atoms with Gasteiger partial charge in [-0.05, 0) is 35.9 Å². The monoisotopic (exact) mass is 444 g/mol. The van der Waals surface area contributed by atoms with Crippen LogP contribution in [0, 0.1) is 0 Å². The Bertz CT molecular complexity index is 977. The first-order valence-corrected chi connectivity index (χ1v) is 10.1. The molecule has 2 aromatic rings. The van der Waals surface area contributed by atoms with Gasteiger partial charge in [-0.1, -0.05) is 24.3 Å². The molecule has 162 valence electrons. The molecule has 3 rings (SSSR count). The van der Waals surface area contributed by atoms with Crippen molar-refractivity contribution >= 4 is 35.5 Å². The summed E-state index contributed by atoms with van der Waals surface area (Å²) in [5, 5.41) is 5.23. The minimum Gasteiger partial charge on any atom is -0.464 e. The topological polar surface area (TPSA) is 103 Å². The normalized spacial score (nSPS) is 12.2. The van der Waals surface area contributed by atoms with E-state index in [0.29, 0.717) is 22.6 Å². The summed E-state index contributed by atoms with van der Waals surface area (Å²) in [4.78, 5) is 36.9. The molecule has 0 saturated carbocycles. The molecular formula is C22H21ClN2O6. The zero-order chi connectivity index (χ0) is 22.1. The minimum absolute atomic E-state index is 0.0156. The molecule has 1 aliphatic rings. The lowest BCUT2D eigenvalue weighted by Gasteiger charge is -2.11. The van der Waals surface area contributed by atoms with Crippen molar-refractivity contribution in [1.29, 1.82) is 0 Å². The number of halogens is 1. The highest BCUT2D eigenvalue weighted by molar-refractivity contribution is 6.18. The second-order valence-electron chi connectivity index (χ2n) is 6.41. The van der Waals surface area contributed by atoms with Crippen molar-refractivity contribution in [3.63, 3.8) is 0 Å². The van der Waals surface area contributed by atoms with Crippen LogP contribution in [-0.4, -0.2) is 43.6 Å². The molecule has 0 unspecified atom stereocenters. The molecule has 0 aromatic heterocycles. The van der Waals surface area contributed by atoms with Crippen LogP contribution in [0.15, 0.2) is 54.2 Å². The lowest BCUT2D eigenvalue weighted by molar-refractivity contribution is -0.142. The van der Waals surface area contributed by atoms with Gasteiger partial charge in [-0.25, -0.2) is 0 Å². The first-order chi connectivity index (χ1) is 15.1. The summed E-state index contributed by atoms with van der Waals surface area (Å²) in [5.74, 6) is -0.116. The number of rotatable bonds is 9. The summed E-state index contributed by atoms with van der Waals surface area (Å²) >= 11 is 5.47. The fourth-order valence-corrected chi connectivity index (χ4v) is 2.79. The maximum atomic E-state index is 12.7. The zero-order valence-electron chi connectivity index (χ0n) is 16.6. The van der Waals surface area contributed by atoms with Crippen LogP contribution in [0.3, 0.4) is 0 Å². The van der Waals surface area contributed by atoms with Crippen molar-refractivity contribution in [2.75, 3.05) is 25.8 Å². The summed E-state index contributed by atoms with van der Waals surface area (Å²) in [7, 11) is 0. The van der Waals surface area contributed by atoms with E-state index in [4.69, 9.17) is 25.8 Å². The molecule has 0 bridgehead atoms. The molecule has 2 aromatic carbocycles. The second kappa shape index (κ2) is 11.0. The van der Waals surface area contributed by atoms with Crippen LogP contribution in [0.5, 0.6) is 11.5 Å². The van der Waals surface area contributed by atoms with E-state index in [1.54, 1.807) is 48.5 Å². The van der Waals surface area contributed by atoms with Gasteiger partial charge < -0.3 is 24.8 Å². The summed E-state index contributed by atoms with van der Waals surface area (Å²) < 4.78 is 15.5. The number of esters is 1. The van der Waals surface area contributed by atoms with Crippen LogP contribution in [0.25, 0.3) is 6.08 Å². The molecule has 31 heavy (non-hydrogen) atoms. The Morgan fingerprint density at radius 3 is 2.61 bits per heavy atom. The third-order valence-electron chi connectivity index (χ3n) is 4.19. The number of benzene rings is 2. The predicted octanol–water partition coefficient (Wildman–Crippen LogP) is 2.47. The highest BCUT2D eigenvalue weighted by atomic mass is 35.5. The Morgan fingerprint density at radius 2 is 1.84 bits per heavy atom.